The van der Waals surface area contributed by atoms with E-state index in [4.69, 9.17) is 9.72 Å². The molecule has 6 heteroatoms. The molecule has 0 aliphatic carbocycles. The van der Waals surface area contributed by atoms with Gasteiger partial charge < -0.3 is 14.5 Å². The minimum absolute atomic E-state index is 0.00994. The van der Waals surface area contributed by atoms with Crippen molar-refractivity contribution in [3.8, 4) is 5.75 Å². The average Bonchev–Trinajstić information content (AvgIpc) is 2.67. The van der Waals surface area contributed by atoms with Gasteiger partial charge in [0.1, 0.15) is 5.75 Å². The fourth-order valence-electron chi connectivity index (χ4n) is 3.44. The summed E-state index contributed by atoms with van der Waals surface area (Å²) < 4.78 is 5.22. The van der Waals surface area contributed by atoms with Crippen LogP contribution in [0, 0.1) is 12.8 Å². The Morgan fingerprint density at radius 2 is 1.74 bits per heavy atom. The number of hydrogen-bond acceptors (Lipinski definition) is 5. The maximum absolute atomic E-state index is 12.5. The number of nitrogens with one attached hydrogen (secondary N) is 1. The zero-order valence-corrected chi connectivity index (χ0v) is 16.8. The van der Waals surface area contributed by atoms with Gasteiger partial charge in [-0.3, -0.25) is 9.78 Å². The molecule has 1 fully saturated rings. The molecule has 0 bridgehead atoms. The van der Waals surface area contributed by atoms with Crippen molar-refractivity contribution in [1.82, 2.24) is 9.97 Å². The van der Waals surface area contributed by atoms with E-state index in [1.165, 1.54) is 5.69 Å². The van der Waals surface area contributed by atoms with E-state index in [1.54, 1.807) is 7.11 Å². The highest BCUT2D eigenvalue weighted by atomic mass is 16.5. The van der Waals surface area contributed by atoms with Gasteiger partial charge in [0.25, 0.3) is 5.56 Å². The molecule has 0 spiro atoms. The Hall–Kier alpha value is -2.50. The van der Waals surface area contributed by atoms with Crippen LogP contribution in [0.1, 0.15) is 31.5 Å². The van der Waals surface area contributed by atoms with E-state index in [1.807, 2.05) is 19.1 Å². The monoisotopic (exact) mass is 370 g/mol. The van der Waals surface area contributed by atoms with Crippen molar-refractivity contribution in [2.45, 2.75) is 33.6 Å². The van der Waals surface area contributed by atoms with Crippen LogP contribution in [0.25, 0.3) is 0 Å². The van der Waals surface area contributed by atoms with E-state index in [9.17, 15) is 4.79 Å². The summed E-state index contributed by atoms with van der Waals surface area (Å²) in [6.45, 7) is 9.75. The number of ether oxygens (including phenoxy) is 1. The fraction of sp³-hybridized carbons (Fsp3) is 0.524. The van der Waals surface area contributed by atoms with Crippen molar-refractivity contribution in [2.24, 2.45) is 5.92 Å². The van der Waals surface area contributed by atoms with Crippen molar-refractivity contribution in [1.29, 1.82) is 0 Å². The molecule has 2 aromatic rings. The third kappa shape index (κ3) is 4.62. The molecule has 1 aromatic heterocycles. The molecule has 1 saturated heterocycles. The van der Waals surface area contributed by atoms with Crippen molar-refractivity contribution >= 4 is 11.6 Å². The Labute approximate surface area is 161 Å². The predicted molar refractivity (Wildman–Crippen MR) is 110 cm³/mol. The van der Waals surface area contributed by atoms with E-state index in [2.05, 4.69) is 40.8 Å². The molecule has 6 nitrogen and oxygen atoms in total. The Kier molecular flexibility index (Phi) is 6.04. The molecule has 0 radical (unpaired) electrons. The summed E-state index contributed by atoms with van der Waals surface area (Å²) in [5.41, 5.74) is 2.88. The zero-order valence-electron chi connectivity index (χ0n) is 16.8. The summed E-state index contributed by atoms with van der Waals surface area (Å²) in [6, 6.07) is 8.14. The first-order valence-corrected chi connectivity index (χ1v) is 9.71. The first-order chi connectivity index (χ1) is 13.0. The van der Waals surface area contributed by atoms with Gasteiger partial charge in [-0.2, -0.15) is 0 Å². The van der Waals surface area contributed by atoms with Crippen LogP contribution in [0.5, 0.6) is 5.75 Å². The molecule has 1 N–H and O–H groups in total. The molecule has 1 aromatic carbocycles. The van der Waals surface area contributed by atoms with Gasteiger partial charge in [0, 0.05) is 43.1 Å². The minimum Gasteiger partial charge on any atom is -0.497 e. The van der Waals surface area contributed by atoms with Crippen LogP contribution >= 0.6 is 0 Å². The van der Waals surface area contributed by atoms with Crippen molar-refractivity contribution < 1.29 is 4.74 Å². The van der Waals surface area contributed by atoms with Gasteiger partial charge >= 0.3 is 0 Å². The lowest BCUT2D eigenvalue weighted by Gasteiger charge is -2.36. The smallest absolute Gasteiger partial charge is 0.255 e. The molecule has 0 amide bonds. The highest BCUT2D eigenvalue weighted by molar-refractivity contribution is 5.50. The van der Waals surface area contributed by atoms with E-state index in [0.29, 0.717) is 11.9 Å². The lowest BCUT2D eigenvalue weighted by Crippen LogP contribution is -2.47. The third-order valence-electron chi connectivity index (χ3n) is 5.20. The number of aromatic nitrogens is 2. The average molecular weight is 370 g/mol. The van der Waals surface area contributed by atoms with Crippen LogP contribution in [0.2, 0.25) is 0 Å². The number of hydrogen-bond donors (Lipinski definition) is 1. The highest BCUT2D eigenvalue weighted by Crippen LogP contribution is 2.21. The molecule has 0 unspecified atom stereocenters. The van der Waals surface area contributed by atoms with Crippen molar-refractivity contribution in [3.05, 3.63) is 45.9 Å². The number of H-pyrrole nitrogens is 1. The van der Waals surface area contributed by atoms with Crippen LogP contribution in [-0.4, -0.2) is 43.3 Å². The Morgan fingerprint density at radius 3 is 2.30 bits per heavy atom. The summed E-state index contributed by atoms with van der Waals surface area (Å²) in [5, 5.41) is 0. The molecule has 3 rings (SSSR count). The Morgan fingerprint density at radius 1 is 1.11 bits per heavy atom. The molecule has 0 atom stereocenters. The van der Waals surface area contributed by atoms with Gasteiger partial charge in [0.2, 0.25) is 5.95 Å². The van der Waals surface area contributed by atoms with Gasteiger partial charge in [-0.1, -0.05) is 13.8 Å². The lowest BCUT2D eigenvalue weighted by molar-refractivity contribution is 0.415. The summed E-state index contributed by atoms with van der Waals surface area (Å²) in [4.78, 5) is 24.7. The number of nitrogens with zero attached hydrogens (tertiary/aromatic N) is 3. The third-order valence-corrected chi connectivity index (χ3v) is 5.20. The number of piperazine rings is 1. The van der Waals surface area contributed by atoms with E-state index < -0.39 is 0 Å². The molecule has 1 aliphatic rings. The number of methoxy groups -OCH3 is 1. The first kappa shape index (κ1) is 19.3. The molecule has 2 heterocycles. The minimum atomic E-state index is 0.00994. The van der Waals surface area contributed by atoms with Gasteiger partial charge in [-0.05, 0) is 49.9 Å². The number of benzene rings is 1. The number of aryl methyl sites for hydroxylation is 1. The normalized spacial score (nSPS) is 14.7. The summed E-state index contributed by atoms with van der Waals surface area (Å²) in [6.07, 6.45) is 1.79. The SMILES string of the molecule is COc1ccc(N2CCN(c3nc(C)c(CCC(C)C)c(=O)[nH]3)CC2)cc1. The summed E-state index contributed by atoms with van der Waals surface area (Å²) in [5.74, 6) is 2.14. The van der Waals surface area contributed by atoms with Gasteiger partial charge in [0.15, 0.2) is 0 Å². The number of aromatic amines is 1. The molecular formula is C21H30N4O2. The molecule has 1 aliphatic heterocycles. The Balaban J connectivity index is 1.66. The largest absolute Gasteiger partial charge is 0.497 e. The second kappa shape index (κ2) is 8.46. The fourth-order valence-corrected chi connectivity index (χ4v) is 3.44. The lowest BCUT2D eigenvalue weighted by atomic mass is 10.0. The highest BCUT2D eigenvalue weighted by Gasteiger charge is 2.20. The van der Waals surface area contributed by atoms with Gasteiger partial charge in [0.05, 0.1) is 7.11 Å². The number of rotatable bonds is 6. The number of anilines is 2. The van der Waals surface area contributed by atoms with Crippen LogP contribution in [0.3, 0.4) is 0 Å². The maximum Gasteiger partial charge on any atom is 0.255 e. The van der Waals surface area contributed by atoms with Crippen LogP contribution in [-0.2, 0) is 6.42 Å². The van der Waals surface area contributed by atoms with Crippen LogP contribution < -0.4 is 20.1 Å². The summed E-state index contributed by atoms with van der Waals surface area (Å²) in [7, 11) is 1.68. The maximum atomic E-state index is 12.5. The second-order valence-electron chi connectivity index (χ2n) is 7.56. The zero-order chi connectivity index (χ0) is 19.4. The quantitative estimate of drug-likeness (QED) is 0.847. The van der Waals surface area contributed by atoms with E-state index in [0.717, 1.165) is 56.0 Å². The second-order valence-corrected chi connectivity index (χ2v) is 7.56. The Bertz CT molecular complexity index is 806. The molecule has 0 saturated carbocycles. The van der Waals surface area contributed by atoms with E-state index in [-0.39, 0.29) is 5.56 Å². The predicted octanol–water partition coefficient (Wildman–Crippen LogP) is 3.00. The van der Waals surface area contributed by atoms with Crippen molar-refractivity contribution in [3.63, 3.8) is 0 Å². The van der Waals surface area contributed by atoms with E-state index >= 15 is 0 Å². The first-order valence-electron chi connectivity index (χ1n) is 9.71. The molecule has 146 valence electrons. The van der Waals surface area contributed by atoms with Gasteiger partial charge in [-0.25, -0.2) is 4.98 Å². The van der Waals surface area contributed by atoms with Crippen molar-refractivity contribution in [2.75, 3.05) is 43.1 Å². The standard InChI is InChI=1S/C21H30N4O2/c1-15(2)5-10-19-16(3)22-21(23-20(19)26)25-13-11-24(12-14-25)17-6-8-18(27-4)9-7-17/h6-9,15H,5,10-14H2,1-4H3,(H,22,23,26). The topological polar surface area (TPSA) is 61.5 Å². The van der Waals surface area contributed by atoms with Gasteiger partial charge in [-0.15, -0.1) is 0 Å². The molecule has 27 heavy (non-hydrogen) atoms. The summed E-state index contributed by atoms with van der Waals surface area (Å²) >= 11 is 0. The molecular weight excluding hydrogens is 340 g/mol. The van der Waals surface area contributed by atoms with Crippen LogP contribution in [0.4, 0.5) is 11.6 Å². The van der Waals surface area contributed by atoms with Crippen LogP contribution in [0.15, 0.2) is 29.1 Å².